The first-order chi connectivity index (χ1) is 22.3. The van der Waals surface area contributed by atoms with Crippen molar-refractivity contribution in [2.45, 2.75) is 12.5 Å². The van der Waals surface area contributed by atoms with Gasteiger partial charge in [-0.05, 0) is 28.6 Å². The first kappa shape index (κ1) is 32.2. The SMILES string of the molecule is COC(=O)[AsH]c1ccc(-c2cc(C(Cc3ccccc3)NC(=O)C=Cc3cc(Cl)ccc3-n3cnnn3)nnc2C(=O)OC)cc1. The molecule has 2 heterocycles. The van der Waals surface area contributed by atoms with E-state index in [1.54, 1.807) is 42.5 Å². The Morgan fingerprint density at radius 2 is 1.76 bits per heavy atom. The van der Waals surface area contributed by atoms with Crippen LogP contribution in [0.2, 0.25) is 5.02 Å². The number of carbonyl (C=O) groups excluding carboxylic acids is 3. The summed E-state index contributed by atoms with van der Waals surface area (Å²) < 4.78 is 11.9. The summed E-state index contributed by atoms with van der Waals surface area (Å²) in [4.78, 5) is 37.8. The van der Waals surface area contributed by atoms with Gasteiger partial charge in [0.05, 0.1) is 5.69 Å². The number of aromatic nitrogens is 6. The van der Waals surface area contributed by atoms with Crippen molar-refractivity contribution < 1.29 is 23.9 Å². The molecule has 0 aliphatic heterocycles. The van der Waals surface area contributed by atoms with Gasteiger partial charge in [0.1, 0.15) is 6.33 Å². The maximum absolute atomic E-state index is 13.4. The number of hydrogen-bond donors (Lipinski definition) is 1. The van der Waals surface area contributed by atoms with E-state index in [9.17, 15) is 14.4 Å². The van der Waals surface area contributed by atoms with Gasteiger partial charge in [0.25, 0.3) is 0 Å². The van der Waals surface area contributed by atoms with Crippen molar-refractivity contribution in [3.63, 3.8) is 0 Å². The van der Waals surface area contributed by atoms with Crippen molar-refractivity contribution in [1.82, 2.24) is 35.7 Å². The molecule has 46 heavy (non-hydrogen) atoms. The zero-order valence-electron chi connectivity index (χ0n) is 24.6. The number of halogens is 1. The zero-order valence-corrected chi connectivity index (χ0v) is 27.5. The second-order valence-corrected chi connectivity index (χ2v) is 12.8. The van der Waals surface area contributed by atoms with E-state index < -0.39 is 33.7 Å². The van der Waals surface area contributed by atoms with Crippen LogP contribution in [0.3, 0.4) is 0 Å². The molecule has 12 nitrogen and oxygen atoms in total. The summed E-state index contributed by atoms with van der Waals surface area (Å²) in [7, 11) is 2.63. The number of methoxy groups -OCH3 is 2. The van der Waals surface area contributed by atoms with Crippen LogP contribution in [-0.2, 0) is 20.7 Å². The van der Waals surface area contributed by atoms with Gasteiger partial charge in [-0.2, -0.15) is 4.68 Å². The van der Waals surface area contributed by atoms with E-state index in [4.69, 9.17) is 21.1 Å². The molecule has 232 valence electrons. The molecule has 0 bridgehead atoms. The Morgan fingerprint density at radius 3 is 2.46 bits per heavy atom. The number of amides is 1. The fourth-order valence-electron chi connectivity index (χ4n) is 4.55. The molecule has 1 N–H and O–H groups in total. The number of carbonyl (C=O) groups is 3. The molecule has 0 saturated carbocycles. The van der Waals surface area contributed by atoms with E-state index in [0.717, 1.165) is 9.91 Å². The van der Waals surface area contributed by atoms with Crippen LogP contribution in [0, 0.1) is 0 Å². The van der Waals surface area contributed by atoms with Crippen LogP contribution in [0.1, 0.15) is 33.4 Å². The van der Waals surface area contributed by atoms with E-state index in [1.165, 1.54) is 31.3 Å². The molecular weight excluding hydrogens is 673 g/mol. The molecule has 1 amide bonds. The van der Waals surface area contributed by atoms with Crippen molar-refractivity contribution in [3.05, 3.63) is 119 Å². The molecule has 0 aliphatic rings. The average Bonchev–Trinajstić information content (AvgIpc) is 3.62. The van der Waals surface area contributed by atoms with Crippen molar-refractivity contribution in [3.8, 4) is 16.8 Å². The Bertz CT molecular complexity index is 1870. The predicted octanol–water partition coefficient (Wildman–Crippen LogP) is 3.50. The van der Waals surface area contributed by atoms with Gasteiger partial charge in [-0.1, -0.05) is 17.7 Å². The van der Waals surface area contributed by atoms with Crippen molar-refractivity contribution >= 4 is 54.4 Å². The number of nitrogens with zero attached hydrogens (tertiary/aromatic N) is 6. The monoisotopic (exact) mass is 699 g/mol. The molecule has 0 fully saturated rings. The molecule has 0 saturated heterocycles. The number of tetrazole rings is 1. The van der Waals surface area contributed by atoms with Crippen LogP contribution in [0.25, 0.3) is 22.9 Å². The summed E-state index contributed by atoms with van der Waals surface area (Å²) >= 11 is 5.10. The Balaban J connectivity index is 1.48. The van der Waals surface area contributed by atoms with E-state index in [0.29, 0.717) is 39.5 Å². The van der Waals surface area contributed by atoms with Crippen LogP contribution in [0.4, 0.5) is 4.79 Å². The molecule has 2 atom stereocenters. The van der Waals surface area contributed by atoms with Crippen LogP contribution in [0.5, 0.6) is 0 Å². The molecule has 0 radical (unpaired) electrons. The quantitative estimate of drug-likeness (QED) is 0.123. The van der Waals surface area contributed by atoms with Crippen LogP contribution in [-0.4, -0.2) is 77.0 Å². The standard InChI is InChI=1S/C32H27AsClN7O5/c1-45-31(43)30-25(21-8-11-23(12-9-21)33-32(44)46-2)18-27(37-38-30)26(16-20-6-4-3-5-7-20)36-29(42)15-10-22-17-24(34)13-14-28(22)41-19-35-39-40-41/h3-15,17-19,26,33H,16H2,1-2H3,(H,36,42). The van der Waals surface area contributed by atoms with Crippen LogP contribution < -0.4 is 9.67 Å². The molecule has 5 aromatic rings. The molecule has 5 rings (SSSR count). The first-order valence-electron chi connectivity index (χ1n) is 13.8. The van der Waals surface area contributed by atoms with E-state index >= 15 is 0 Å². The summed E-state index contributed by atoms with van der Waals surface area (Å²) in [6, 6.07) is 23.1. The molecule has 2 aromatic heterocycles. The summed E-state index contributed by atoms with van der Waals surface area (Å²) in [5, 5.41) is 23.4. The number of rotatable bonds is 11. The van der Waals surface area contributed by atoms with E-state index in [2.05, 4.69) is 31.0 Å². The van der Waals surface area contributed by atoms with Gasteiger partial charge in [0.2, 0.25) is 0 Å². The minimum absolute atomic E-state index is 0.0174. The molecule has 14 heteroatoms. The fraction of sp³-hybridized carbons (Fsp3) is 0.125. The number of hydrogen-bond acceptors (Lipinski definition) is 10. The third-order valence-electron chi connectivity index (χ3n) is 6.78. The van der Waals surface area contributed by atoms with Gasteiger partial charge >= 0.3 is 198 Å². The number of esters is 1. The van der Waals surface area contributed by atoms with Gasteiger partial charge in [-0.3, -0.25) is 0 Å². The maximum atomic E-state index is 13.4. The third kappa shape index (κ3) is 8.09. The Morgan fingerprint density at radius 1 is 0.978 bits per heavy atom. The topological polar surface area (TPSA) is 151 Å². The van der Waals surface area contributed by atoms with Gasteiger partial charge in [0, 0.05) is 10.6 Å². The summed E-state index contributed by atoms with van der Waals surface area (Å²) in [6.45, 7) is 0. The van der Waals surface area contributed by atoms with Crippen LogP contribution >= 0.6 is 11.6 Å². The molecule has 0 aliphatic carbocycles. The normalized spacial score (nSPS) is 11.9. The van der Waals surface area contributed by atoms with Crippen molar-refractivity contribution in [2.75, 3.05) is 14.2 Å². The summed E-state index contributed by atoms with van der Waals surface area (Å²) in [6.07, 6.45) is 4.84. The Hall–Kier alpha value is -5.19. The van der Waals surface area contributed by atoms with Crippen molar-refractivity contribution in [2.24, 2.45) is 0 Å². The Labute approximate surface area is 275 Å². The molecule has 0 spiro atoms. The first-order valence-corrected chi connectivity index (χ1v) is 16.3. The zero-order chi connectivity index (χ0) is 32.5. The minimum atomic E-state index is -1.14. The second kappa shape index (κ2) is 15.2. The van der Waals surface area contributed by atoms with Crippen molar-refractivity contribution in [1.29, 1.82) is 0 Å². The van der Waals surface area contributed by atoms with Gasteiger partial charge in [-0.25, -0.2) is 0 Å². The predicted molar refractivity (Wildman–Crippen MR) is 172 cm³/mol. The fourth-order valence-corrected chi connectivity index (χ4v) is 6.14. The van der Waals surface area contributed by atoms with E-state index in [1.807, 2.05) is 42.5 Å². The van der Waals surface area contributed by atoms with E-state index in [-0.39, 0.29) is 10.5 Å². The third-order valence-corrected chi connectivity index (χ3v) is 9.17. The Kier molecular flexibility index (Phi) is 10.6. The summed E-state index contributed by atoms with van der Waals surface area (Å²) in [5.41, 5.74) is 3.78. The molecule has 3 aromatic carbocycles. The average molecular weight is 700 g/mol. The molecule has 2 unspecified atom stereocenters. The number of ether oxygens (including phenoxy) is 2. The van der Waals surface area contributed by atoms with Gasteiger partial charge < -0.3 is 0 Å². The second-order valence-electron chi connectivity index (χ2n) is 9.76. The van der Waals surface area contributed by atoms with Gasteiger partial charge in [-0.15, -0.1) is 5.10 Å². The van der Waals surface area contributed by atoms with Gasteiger partial charge in [0.15, 0.2) is 0 Å². The summed E-state index contributed by atoms with van der Waals surface area (Å²) in [5.74, 6) is -1.06. The molecular formula is C32H27AsClN7O5. The van der Waals surface area contributed by atoms with Crippen LogP contribution in [0.15, 0.2) is 91.3 Å². The number of benzene rings is 3. The number of nitrogens with one attached hydrogen (secondary N) is 1.